The summed E-state index contributed by atoms with van der Waals surface area (Å²) in [6.07, 6.45) is 1.28. The Hall–Kier alpha value is -1.22. The monoisotopic (exact) mass is 238 g/mol. The van der Waals surface area contributed by atoms with Crippen molar-refractivity contribution in [1.82, 2.24) is 0 Å². The Morgan fingerprint density at radius 2 is 2.00 bits per heavy atom. The van der Waals surface area contributed by atoms with E-state index in [1.165, 1.54) is 0 Å². The molecule has 1 atom stereocenters. The van der Waals surface area contributed by atoms with Gasteiger partial charge in [0.05, 0.1) is 19.8 Å². The highest BCUT2D eigenvalue weighted by molar-refractivity contribution is 5.41. The predicted molar refractivity (Wildman–Crippen MR) is 68.4 cm³/mol. The van der Waals surface area contributed by atoms with Crippen LogP contribution in [-0.2, 0) is 11.3 Å². The van der Waals surface area contributed by atoms with Gasteiger partial charge >= 0.3 is 0 Å². The molecule has 1 aromatic rings. The van der Waals surface area contributed by atoms with Crippen molar-refractivity contribution < 1.29 is 14.6 Å². The zero-order valence-electron chi connectivity index (χ0n) is 11.1. The summed E-state index contributed by atoms with van der Waals surface area (Å²) in [5.41, 5.74) is 1.01. The van der Waals surface area contributed by atoms with Crippen molar-refractivity contribution in [1.29, 1.82) is 0 Å². The zero-order chi connectivity index (χ0) is 12.8. The molecule has 0 aromatic heterocycles. The van der Waals surface area contributed by atoms with Crippen LogP contribution in [0.5, 0.6) is 11.5 Å². The Morgan fingerprint density at radius 3 is 2.53 bits per heavy atom. The van der Waals surface area contributed by atoms with E-state index < -0.39 is 0 Å². The lowest BCUT2D eigenvalue weighted by molar-refractivity contribution is 0.00833. The summed E-state index contributed by atoms with van der Waals surface area (Å²) in [7, 11) is 1.54. The largest absolute Gasteiger partial charge is 0.504 e. The molecule has 0 saturated heterocycles. The standard InChI is InChI=1S/C14H22O3/c1-5-13(10(2)3)17-9-11-6-7-12(15)14(8-11)16-4/h6-8,10,13,15H,5,9H2,1-4H3. The maximum Gasteiger partial charge on any atom is 0.160 e. The molecular formula is C14H22O3. The second-order valence-corrected chi connectivity index (χ2v) is 4.51. The first-order valence-corrected chi connectivity index (χ1v) is 6.06. The van der Waals surface area contributed by atoms with Gasteiger partial charge in [-0.05, 0) is 30.0 Å². The van der Waals surface area contributed by atoms with E-state index in [0.717, 1.165) is 12.0 Å². The molecule has 17 heavy (non-hydrogen) atoms. The van der Waals surface area contributed by atoms with Gasteiger partial charge in [-0.25, -0.2) is 0 Å². The van der Waals surface area contributed by atoms with Crippen molar-refractivity contribution in [3.8, 4) is 11.5 Å². The summed E-state index contributed by atoms with van der Waals surface area (Å²) >= 11 is 0. The zero-order valence-corrected chi connectivity index (χ0v) is 11.1. The van der Waals surface area contributed by atoms with Gasteiger partial charge in [-0.3, -0.25) is 0 Å². The average Bonchev–Trinajstić information content (AvgIpc) is 2.31. The molecule has 0 aliphatic rings. The highest BCUT2D eigenvalue weighted by atomic mass is 16.5. The van der Waals surface area contributed by atoms with Crippen molar-refractivity contribution in [3.05, 3.63) is 23.8 Å². The average molecular weight is 238 g/mol. The van der Waals surface area contributed by atoms with Gasteiger partial charge in [0.15, 0.2) is 11.5 Å². The van der Waals surface area contributed by atoms with Crippen LogP contribution in [0.2, 0.25) is 0 Å². The molecule has 1 rings (SSSR count). The number of hydrogen-bond donors (Lipinski definition) is 1. The van der Waals surface area contributed by atoms with E-state index in [9.17, 15) is 5.11 Å². The fraction of sp³-hybridized carbons (Fsp3) is 0.571. The summed E-state index contributed by atoms with van der Waals surface area (Å²) in [4.78, 5) is 0. The van der Waals surface area contributed by atoms with Crippen molar-refractivity contribution in [2.75, 3.05) is 7.11 Å². The molecule has 0 saturated carbocycles. The Balaban J connectivity index is 2.63. The van der Waals surface area contributed by atoms with E-state index in [1.807, 2.05) is 12.1 Å². The number of rotatable bonds is 6. The summed E-state index contributed by atoms with van der Waals surface area (Å²) in [6.45, 7) is 6.99. The van der Waals surface area contributed by atoms with E-state index in [2.05, 4.69) is 20.8 Å². The van der Waals surface area contributed by atoms with Crippen LogP contribution in [0.3, 0.4) is 0 Å². The molecule has 96 valence electrons. The Bertz CT molecular complexity index is 347. The number of ether oxygens (including phenoxy) is 2. The number of aromatic hydroxyl groups is 1. The van der Waals surface area contributed by atoms with Crippen LogP contribution in [0, 0.1) is 5.92 Å². The van der Waals surface area contributed by atoms with Crippen LogP contribution < -0.4 is 4.74 Å². The Kier molecular flexibility index (Phi) is 5.29. The van der Waals surface area contributed by atoms with Crippen molar-refractivity contribution >= 4 is 0 Å². The summed E-state index contributed by atoms with van der Waals surface area (Å²) < 4.78 is 10.9. The Morgan fingerprint density at radius 1 is 1.29 bits per heavy atom. The minimum absolute atomic E-state index is 0.159. The SMILES string of the molecule is CCC(OCc1ccc(O)c(OC)c1)C(C)C. The van der Waals surface area contributed by atoms with Crippen LogP contribution in [0.4, 0.5) is 0 Å². The highest BCUT2D eigenvalue weighted by Gasteiger charge is 2.12. The molecule has 0 fully saturated rings. The molecule has 0 aliphatic carbocycles. The second kappa shape index (κ2) is 6.50. The molecule has 3 heteroatoms. The van der Waals surface area contributed by atoms with Gasteiger partial charge in [-0.15, -0.1) is 0 Å². The first-order valence-electron chi connectivity index (χ1n) is 6.06. The first kappa shape index (κ1) is 13.8. The topological polar surface area (TPSA) is 38.7 Å². The quantitative estimate of drug-likeness (QED) is 0.826. The number of phenols is 1. The lowest BCUT2D eigenvalue weighted by Gasteiger charge is -2.20. The van der Waals surface area contributed by atoms with Crippen molar-refractivity contribution in [2.24, 2.45) is 5.92 Å². The minimum atomic E-state index is 0.159. The van der Waals surface area contributed by atoms with Crippen LogP contribution in [-0.4, -0.2) is 18.3 Å². The number of hydrogen-bond acceptors (Lipinski definition) is 3. The summed E-state index contributed by atoms with van der Waals surface area (Å²) in [6, 6.07) is 5.29. The van der Waals surface area contributed by atoms with E-state index in [4.69, 9.17) is 9.47 Å². The van der Waals surface area contributed by atoms with Crippen molar-refractivity contribution in [3.63, 3.8) is 0 Å². The van der Waals surface area contributed by atoms with Crippen LogP contribution in [0.15, 0.2) is 18.2 Å². The molecule has 0 aliphatic heterocycles. The van der Waals surface area contributed by atoms with E-state index in [0.29, 0.717) is 18.3 Å². The minimum Gasteiger partial charge on any atom is -0.504 e. The molecule has 1 N–H and O–H groups in total. The van der Waals surface area contributed by atoms with Crippen LogP contribution >= 0.6 is 0 Å². The first-order chi connectivity index (χ1) is 8.08. The van der Waals surface area contributed by atoms with Gasteiger partial charge in [0.2, 0.25) is 0 Å². The molecule has 0 spiro atoms. The third kappa shape index (κ3) is 3.93. The van der Waals surface area contributed by atoms with Crippen LogP contribution in [0.1, 0.15) is 32.8 Å². The molecule has 0 radical (unpaired) electrons. The number of phenolic OH excluding ortho intramolecular Hbond substituents is 1. The van der Waals surface area contributed by atoms with Gasteiger partial charge < -0.3 is 14.6 Å². The molecule has 0 bridgehead atoms. The lowest BCUT2D eigenvalue weighted by atomic mass is 10.1. The fourth-order valence-corrected chi connectivity index (χ4v) is 1.80. The second-order valence-electron chi connectivity index (χ2n) is 4.51. The summed E-state index contributed by atoms with van der Waals surface area (Å²) in [5.74, 6) is 1.16. The Labute approximate surface area is 103 Å². The highest BCUT2D eigenvalue weighted by Crippen LogP contribution is 2.27. The normalized spacial score (nSPS) is 12.8. The number of methoxy groups -OCH3 is 1. The third-order valence-electron chi connectivity index (χ3n) is 2.85. The molecular weight excluding hydrogens is 216 g/mol. The van der Waals surface area contributed by atoms with Gasteiger partial charge in [-0.2, -0.15) is 0 Å². The lowest BCUT2D eigenvalue weighted by Crippen LogP contribution is -2.18. The summed E-state index contributed by atoms with van der Waals surface area (Å²) in [5, 5.41) is 9.48. The van der Waals surface area contributed by atoms with Crippen molar-refractivity contribution in [2.45, 2.75) is 39.9 Å². The van der Waals surface area contributed by atoms with Gasteiger partial charge in [0, 0.05) is 0 Å². The fourth-order valence-electron chi connectivity index (χ4n) is 1.80. The van der Waals surface area contributed by atoms with E-state index in [1.54, 1.807) is 13.2 Å². The molecule has 0 amide bonds. The van der Waals surface area contributed by atoms with Gasteiger partial charge in [0.1, 0.15) is 0 Å². The van der Waals surface area contributed by atoms with E-state index >= 15 is 0 Å². The molecule has 1 unspecified atom stereocenters. The van der Waals surface area contributed by atoms with Gasteiger partial charge in [0.25, 0.3) is 0 Å². The molecule has 3 nitrogen and oxygen atoms in total. The molecule has 1 aromatic carbocycles. The maximum atomic E-state index is 9.48. The van der Waals surface area contributed by atoms with Crippen LogP contribution in [0.25, 0.3) is 0 Å². The molecule has 0 heterocycles. The smallest absolute Gasteiger partial charge is 0.160 e. The van der Waals surface area contributed by atoms with E-state index in [-0.39, 0.29) is 11.9 Å². The predicted octanol–water partition coefficient (Wildman–Crippen LogP) is 3.35. The maximum absolute atomic E-state index is 9.48. The third-order valence-corrected chi connectivity index (χ3v) is 2.85. The number of benzene rings is 1. The van der Waals surface area contributed by atoms with Gasteiger partial charge in [-0.1, -0.05) is 26.8 Å².